The van der Waals surface area contributed by atoms with E-state index < -0.39 is 0 Å². The Bertz CT molecular complexity index is 757. The molecule has 1 N–H and O–H groups in total. The summed E-state index contributed by atoms with van der Waals surface area (Å²) in [5.74, 6) is 0.278. The minimum absolute atomic E-state index is 0.0680. The van der Waals surface area contributed by atoms with Gasteiger partial charge in [0.25, 0.3) is 0 Å². The van der Waals surface area contributed by atoms with Crippen molar-refractivity contribution in [2.75, 3.05) is 0 Å². The number of carbonyl (C=O) groups is 1. The number of rotatable bonds is 6. The van der Waals surface area contributed by atoms with Crippen LogP contribution >= 0.6 is 0 Å². The topological polar surface area (TPSA) is 40.5 Å². The Morgan fingerprint density at radius 3 is 1.64 bits per heavy atom. The van der Waals surface area contributed by atoms with Crippen LogP contribution in [0.4, 0.5) is 0 Å². The quantitative estimate of drug-likeness (QED) is 0.737. The molecule has 3 aromatic carbocycles. The summed E-state index contributed by atoms with van der Waals surface area (Å²) in [5, 5.41) is 9.39. The molecule has 1 amide bonds. The third kappa shape index (κ3) is 4.95. The van der Waals surface area contributed by atoms with Gasteiger partial charge in [0.1, 0.15) is 5.75 Å². The van der Waals surface area contributed by atoms with Gasteiger partial charge < -0.3 is 10.0 Å². The smallest absolute Gasteiger partial charge is 0.227 e. The maximum atomic E-state index is 12.9. The molecular weight excluding hydrogens is 310 g/mol. The average Bonchev–Trinajstić information content (AvgIpc) is 2.65. The Kier molecular flexibility index (Phi) is 5.47. The van der Waals surface area contributed by atoms with Gasteiger partial charge in [-0.05, 0) is 28.8 Å². The molecule has 25 heavy (non-hydrogen) atoms. The maximum Gasteiger partial charge on any atom is 0.227 e. The monoisotopic (exact) mass is 331 g/mol. The summed E-state index contributed by atoms with van der Waals surface area (Å²) >= 11 is 0. The van der Waals surface area contributed by atoms with Gasteiger partial charge in [-0.3, -0.25) is 4.79 Å². The first kappa shape index (κ1) is 16.8. The Hall–Kier alpha value is -3.07. The molecule has 0 spiro atoms. The number of aromatic hydroxyl groups is 1. The number of amides is 1. The highest BCUT2D eigenvalue weighted by atomic mass is 16.3. The van der Waals surface area contributed by atoms with Gasteiger partial charge in [0.15, 0.2) is 0 Å². The normalized spacial score (nSPS) is 10.4. The van der Waals surface area contributed by atoms with Crippen LogP contribution in [-0.4, -0.2) is 15.9 Å². The van der Waals surface area contributed by atoms with Crippen molar-refractivity contribution in [2.24, 2.45) is 0 Å². The minimum Gasteiger partial charge on any atom is -0.508 e. The number of hydrogen-bond donors (Lipinski definition) is 1. The van der Waals surface area contributed by atoms with Crippen LogP contribution in [0.25, 0.3) is 0 Å². The zero-order valence-corrected chi connectivity index (χ0v) is 14.0. The molecule has 0 aliphatic rings. The van der Waals surface area contributed by atoms with Crippen LogP contribution in [0.15, 0.2) is 84.9 Å². The molecule has 0 bridgehead atoms. The van der Waals surface area contributed by atoms with Crippen LogP contribution in [0, 0.1) is 0 Å². The zero-order chi connectivity index (χ0) is 17.5. The van der Waals surface area contributed by atoms with E-state index >= 15 is 0 Å². The molecule has 3 nitrogen and oxygen atoms in total. The van der Waals surface area contributed by atoms with E-state index in [2.05, 4.69) is 0 Å². The lowest BCUT2D eigenvalue weighted by Crippen LogP contribution is -2.31. The van der Waals surface area contributed by atoms with Crippen molar-refractivity contribution in [3.05, 3.63) is 102 Å². The van der Waals surface area contributed by atoms with Crippen LogP contribution in [0.1, 0.15) is 16.7 Å². The third-order valence-electron chi connectivity index (χ3n) is 4.08. The fraction of sp³-hybridized carbons (Fsp3) is 0.136. The third-order valence-corrected chi connectivity index (χ3v) is 4.08. The van der Waals surface area contributed by atoms with E-state index in [1.54, 1.807) is 24.3 Å². The first-order chi connectivity index (χ1) is 12.2. The second kappa shape index (κ2) is 8.15. The Morgan fingerprint density at radius 1 is 0.680 bits per heavy atom. The van der Waals surface area contributed by atoms with Crippen LogP contribution in [0.5, 0.6) is 5.75 Å². The molecule has 0 heterocycles. The van der Waals surface area contributed by atoms with Crippen molar-refractivity contribution in [1.82, 2.24) is 4.90 Å². The highest BCUT2D eigenvalue weighted by Gasteiger charge is 2.15. The summed E-state index contributed by atoms with van der Waals surface area (Å²) in [6, 6.07) is 26.8. The van der Waals surface area contributed by atoms with Crippen molar-refractivity contribution < 1.29 is 9.90 Å². The molecule has 3 aromatic rings. The number of phenolic OH excluding ortho intramolecular Hbond substituents is 1. The highest BCUT2D eigenvalue weighted by Crippen LogP contribution is 2.14. The number of phenols is 1. The Balaban J connectivity index is 1.76. The van der Waals surface area contributed by atoms with E-state index in [-0.39, 0.29) is 11.7 Å². The maximum absolute atomic E-state index is 12.9. The number of benzene rings is 3. The first-order valence-corrected chi connectivity index (χ1v) is 8.34. The van der Waals surface area contributed by atoms with Crippen molar-refractivity contribution in [3.8, 4) is 5.75 Å². The van der Waals surface area contributed by atoms with Crippen LogP contribution in [-0.2, 0) is 24.3 Å². The second-order valence-electron chi connectivity index (χ2n) is 6.06. The lowest BCUT2D eigenvalue weighted by Gasteiger charge is -2.23. The van der Waals surface area contributed by atoms with E-state index in [9.17, 15) is 9.90 Å². The SMILES string of the molecule is O=C(Cc1ccc(O)cc1)N(Cc1ccccc1)Cc1ccccc1. The number of carbonyl (C=O) groups excluding carboxylic acids is 1. The molecule has 3 heteroatoms. The minimum atomic E-state index is 0.0680. The van der Waals surface area contributed by atoms with Crippen molar-refractivity contribution >= 4 is 5.91 Å². The molecule has 3 rings (SSSR count). The van der Waals surface area contributed by atoms with Gasteiger partial charge >= 0.3 is 0 Å². The summed E-state index contributed by atoms with van der Waals surface area (Å²) in [7, 11) is 0. The lowest BCUT2D eigenvalue weighted by molar-refractivity contribution is -0.131. The van der Waals surface area contributed by atoms with Gasteiger partial charge in [-0.1, -0.05) is 72.8 Å². The molecule has 126 valence electrons. The molecule has 0 aliphatic carbocycles. The summed E-state index contributed by atoms with van der Waals surface area (Å²) in [4.78, 5) is 14.7. The summed E-state index contributed by atoms with van der Waals surface area (Å²) in [6.07, 6.45) is 0.319. The summed E-state index contributed by atoms with van der Waals surface area (Å²) in [5.41, 5.74) is 3.11. The van der Waals surface area contributed by atoms with Crippen LogP contribution in [0.2, 0.25) is 0 Å². The molecular formula is C22H21NO2. The van der Waals surface area contributed by atoms with E-state index in [0.717, 1.165) is 16.7 Å². The average molecular weight is 331 g/mol. The van der Waals surface area contributed by atoms with Gasteiger partial charge in [0.05, 0.1) is 6.42 Å². The number of nitrogens with zero attached hydrogens (tertiary/aromatic N) is 1. The van der Waals surface area contributed by atoms with E-state index in [1.807, 2.05) is 65.6 Å². The molecule has 0 radical (unpaired) electrons. The lowest BCUT2D eigenvalue weighted by atomic mass is 10.1. The fourth-order valence-corrected chi connectivity index (χ4v) is 2.74. The highest BCUT2D eigenvalue weighted by molar-refractivity contribution is 5.78. The van der Waals surface area contributed by atoms with Crippen molar-refractivity contribution in [1.29, 1.82) is 0 Å². The van der Waals surface area contributed by atoms with E-state index in [0.29, 0.717) is 19.5 Å². The van der Waals surface area contributed by atoms with Gasteiger partial charge in [-0.25, -0.2) is 0 Å². The Labute approximate surface area is 148 Å². The molecule has 0 saturated carbocycles. The van der Waals surface area contributed by atoms with Gasteiger partial charge in [0, 0.05) is 13.1 Å². The molecule has 0 atom stereocenters. The van der Waals surface area contributed by atoms with Gasteiger partial charge in [-0.15, -0.1) is 0 Å². The predicted molar refractivity (Wildman–Crippen MR) is 98.9 cm³/mol. The van der Waals surface area contributed by atoms with Gasteiger partial charge in [-0.2, -0.15) is 0 Å². The predicted octanol–water partition coefficient (Wildman–Crippen LogP) is 4.16. The first-order valence-electron chi connectivity index (χ1n) is 8.34. The molecule has 0 aliphatic heterocycles. The molecule has 0 fully saturated rings. The standard InChI is InChI=1S/C22H21NO2/c24-21-13-11-18(12-14-21)15-22(25)23(16-19-7-3-1-4-8-19)17-20-9-5-2-6-10-20/h1-14,24H,15-17H2. The largest absolute Gasteiger partial charge is 0.508 e. The fourth-order valence-electron chi connectivity index (χ4n) is 2.74. The van der Waals surface area contributed by atoms with E-state index in [4.69, 9.17) is 0 Å². The Morgan fingerprint density at radius 2 is 1.16 bits per heavy atom. The second-order valence-corrected chi connectivity index (χ2v) is 6.06. The molecule has 0 aromatic heterocycles. The van der Waals surface area contributed by atoms with Crippen LogP contribution < -0.4 is 0 Å². The molecule has 0 unspecified atom stereocenters. The number of hydrogen-bond acceptors (Lipinski definition) is 2. The van der Waals surface area contributed by atoms with Crippen molar-refractivity contribution in [3.63, 3.8) is 0 Å². The van der Waals surface area contributed by atoms with Gasteiger partial charge in [0.2, 0.25) is 5.91 Å². The summed E-state index contributed by atoms with van der Waals surface area (Å²) in [6.45, 7) is 1.15. The summed E-state index contributed by atoms with van der Waals surface area (Å²) < 4.78 is 0. The van der Waals surface area contributed by atoms with E-state index in [1.165, 1.54) is 0 Å². The van der Waals surface area contributed by atoms with Crippen LogP contribution in [0.3, 0.4) is 0 Å². The molecule has 0 saturated heterocycles. The zero-order valence-electron chi connectivity index (χ0n) is 14.0. The van der Waals surface area contributed by atoms with Crippen molar-refractivity contribution in [2.45, 2.75) is 19.5 Å².